The molecule has 0 aliphatic heterocycles. The number of hydrogen-bond donors (Lipinski definition) is 1. The lowest BCUT2D eigenvalue weighted by Crippen LogP contribution is -2.10. The van der Waals surface area contributed by atoms with E-state index in [1.54, 1.807) is 57.6 Å². The molecule has 1 aromatic heterocycles. The van der Waals surface area contributed by atoms with Gasteiger partial charge in [-0.25, -0.2) is 0 Å². The van der Waals surface area contributed by atoms with Gasteiger partial charge >= 0.3 is 5.97 Å². The number of carboxylic acid groups (broad SMARTS) is 1. The molecule has 30 heavy (non-hydrogen) atoms. The van der Waals surface area contributed by atoms with Crippen molar-refractivity contribution in [3.63, 3.8) is 0 Å². The first-order valence-corrected chi connectivity index (χ1v) is 9.14. The second-order valence-corrected chi connectivity index (χ2v) is 6.56. The highest BCUT2D eigenvalue weighted by Gasteiger charge is 2.18. The van der Waals surface area contributed by atoms with Crippen molar-refractivity contribution in [2.24, 2.45) is 0 Å². The third-order valence-electron chi connectivity index (χ3n) is 4.77. The second kappa shape index (κ2) is 8.73. The van der Waals surface area contributed by atoms with Crippen LogP contribution in [0.1, 0.15) is 22.5 Å². The molecule has 2 aromatic carbocycles. The molecule has 0 unspecified atom stereocenters. The van der Waals surface area contributed by atoms with Crippen LogP contribution in [0.3, 0.4) is 0 Å². The molecular formula is C23H22O7. The summed E-state index contributed by atoms with van der Waals surface area (Å²) in [7, 11) is 4.55. The van der Waals surface area contributed by atoms with E-state index in [9.17, 15) is 14.7 Å². The third-order valence-corrected chi connectivity index (χ3v) is 4.77. The molecule has 7 heteroatoms. The predicted molar refractivity (Wildman–Crippen MR) is 114 cm³/mol. The van der Waals surface area contributed by atoms with E-state index in [0.717, 1.165) is 5.56 Å². The van der Waals surface area contributed by atoms with Crippen molar-refractivity contribution in [1.82, 2.24) is 0 Å². The lowest BCUT2D eigenvalue weighted by atomic mass is 10.0. The SMILES string of the molecule is COc1ccc(/C=C/c2oc3c(CC(=O)O)c(OC)ccc3c(=O)c2C)cc1OC. The Balaban J connectivity index is 2.14. The summed E-state index contributed by atoms with van der Waals surface area (Å²) in [5.74, 6) is 0.818. The molecule has 0 aliphatic rings. The lowest BCUT2D eigenvalue weighted by Gasteiger charge is -2.11. The maximum Gasteiger partial charge on any atom is 0.308 e. The van der Waals surface area contributed by atoms with Crippen LogP contribution in [0.25, 0.3) is 23.1 Å². The van der Waals surface area contributed by atoms with Gasteiger partial charge in [0.25, 0.3) is 0 Å². The fraction of sp³-hybridized carbons (Fsp3) is 0.217. The quantitative estimate of drug-likeness (QED) is 0.631. The van der Waals surface area contributed by atoms with Gasteiger partial charge in [-0.1, -0.05) is 12.1 Å². The summed E-state index contributed by atoms with van der Waals surface area (Å²) in [4.78, 5) is 24.2. The van der Waals surface area contributed by atoms with E-state index in [1.807, 2.05) is 6.07 Å². The van der Waals surface area contributed by atoms with Gasteiger partial charge in [-0.2, -0.15) is 0 Å². The molecule has 0 fully saturated rings. The molecule has 0 aliphatic carbocycles. The van der Waals surface area contributed by atoms with Crippen molar-refractivity contribution in [2.75, 3.05) is 21.3 Å². The molecule has 0 radical (unpaired) electrons. The van der Waals surface area contributed by atoms with Gasteiger partial charge in [-0.15, -0.1) is 0 Å². The van der Waals surface area contributed by atoms with Crippen molar-refractivity contribution in [1.29, 1.82) is 0 Å². The summed E-state index contributed by atoms with van der Waals surface area (Å²) in [6.45, 7) is 1.67. The van der Waals surface area contributed by atoms with Crippen molar-refractivity contribution >= 4 is 29.1 Å². The minimum atomic E-state index is -1.05. The number of rotatable bonds is 7. The van der Waals surface area contributed by atoms with Crippen LogP contribution in [0.15, 0.2) is 39.5 Å². The van der Waals surface area contributed by atoms with Crippen LogP contribution >= 0.6 is 0 Å². The summed E-state index contributed by atoms with van der Waals surface area (Å²) >= 11 is 0. The Hall–Kier alpha value is -3.74. The Labute approximate surface area is 173 Å². The Morgan fingerprint density at radius 3 is 2.30 bits per heavy atom. The van der Waals surface area contributed by atoms with Gasteiger partial charge in [-0.3, -0.25) is 9.59 Å². The number of hydrogen-bond acceptors (Lipinski definition) is 6. The summed E-state index contributed by atoms with van der Waals surface area (Å²) in [5, 5.41) is 9.59. The van der Waals surface area contributed by atoms with E-state index < -0.39 is 5.97 Å². The number of fused-ring (bicyclic) bond motifs is 1. The Morgan fingerprint density at radius 2 is 1.67 bits per heavy atom. The minimum absolute atomic E-state index is 0.208. The normalized spacial score (nSPS) is 11.1. The average Bonchev–Trinajstić information content (AvgIpc) is 2.74. The molecule has 0 bridgehead atoms. The Kier molecular flexibility index (Phi) is 6.11. The highest BCUT2D eigenvalue weighted by molar-refractivity contribution is 5.87. The van der Waals surface area contributed by atoms with Crippen molar-refractivity contribution in [3.05, 3.63) is 63.0 Å². The summed E-state index contributed by atoms with van der Waals surface area (Å²) in [6, 6.07) is 8.57. The van der Waals surface area contributed by atoms with E-state index >= 15 is 0 Å². The van der Waals surface area contributed by atoms with Crippen LogP contribution in [-0.2, 0) is 11.2 Å². The van der Waals surface area contributed by atoms with Crippen LogP contribution in [0.4, 0.5) is 0 Å². The zero-order valence-corrected chi connectivity index (χ0v) is 17.1. The van der Waals surface area contributed by atoms with Crippen LogP contribution < -0.4 is 19.6 Å². The highest BCUT2D eigenvalue weighted by Crippen LogP contribution is 2.30. The van der Waals surface area contributed by atoms with Crippen LogP contribution in [-0.4, -0.2) is 32.4 Å². The maximum absolute atomic E-state index is 12.9. The first-order valence-electron chi connectivity index (χ1n) is 9.14. The molecular weight excluding hydrogens is 388 g/mol. The van der Waals surface area contributed by atoms with E-state index in [1.165, 1.54) is 7.11 Å². The first kappa shape index (κ1) is 21.0. The van der Waals surface area contributed by atoms with Crippen LogP contribution in [0, 0.1) is 6.92 Å². The van der Waals surface area contributed by atoms with Gasteiger partial charge in [0.15, 0.2) is 16.9 Å². The van der Waals surface area contributed by atoms with E-state index in [2.05, 4.69) is 0 Å². The van der Waals surface area contributed by atoms with Crippen LogP contribution in [0.5, 0.6) is 17.2 Å². The topological polar surface area (TPSA) is 95.2 Å². The standard InChI is InChI=1S/C23H22O7/c1-13-17(8-5-14-6-9-19(28-3)20(11-14)29-4)30-23-15(22(13)26)7-10-18(27-2)16(23)12-21(24)25/h5-11H,12H2,1-4H3,(H,24,25)/b8-5+. The fourth-order valence-corrected chi connectivity index (χ4v) is 3.20. The molecule has 0 spiro atoms. The summed E-state index contributed by atoms with van der Waals surface area (Å²) < 4.78 is 21.8. The van der Waals surface area contributed by atoms with Gasteiger partial charge < -0.3 is 23.7 Å². The summed E-state index contributed by atoms with van der Waals surface area (Å²) in [5.41, 5.74) is 1.54. The molecule has 3 rings (SSSR count). The average molecular weight is 410 g/mol. The molecule has 156 valence electrons. The Morgan fingerprint density at radius 1 is 1.00 bits per heavy atom. The molecule has 0 saturated carbocycles. The molecule has 1 heterocycles. The molecule has 0 atom stereocenters. The number of carboxylic acids is 1. The van der Waals surface area contributed by atoms with E-state index in [4.69, 9.17) is 18.6 Å². The third kappa shape index (κ3) is 4.00. The predicted octanol–water partition coefficient (Wildman–Crippen LogP) is 3.92. The van der Waals surface area contributed by atoms with Gasteiger partial charge in [0.1, 0.15) is 17.1 Å². The molecule has 3 aromatic rings. The summed E-state index contributed by atoms with van der Waals surface area (Å²) in [6.07, 6.45) is 3.11. The van der Waals surface area contributed by atoms with E-state index in [-0.39, 0.29) is 17.4 Å². The maximum atomic E-state index is 12.9. The van der Waals surface area contributed by atoms with Crippen molar-refractivity contribution in [3.8, 4) is 17.2 Å². The smallest absolute Gasteiger partial charge is 0.308 e. The first-order chi connectivity index (χ1) is 14.4. The minimum Gasteiger partial charge on any atom is -0.496 e. The fourth-order valence-electron chi connectivity index (χ4n) is 3.20. The molecule has 1 N–H and O–H groups in total. The van der Waals surface area contributed by atoms with Gasteiger partial charge in [0.05, 0.1) is 33.1 Å². The van der Waals surface area contributed by atoms with Crippen molar-refractivity contribution < 1.29 is 28.5 Å². The number of carbonyl (C=O) groups is 1. The van der Waals surface area contributed by atoms with Gasteiger partial charge in [0, 0.05) is 11.1 Å². The highest BCUT2D eigenvalue weighted by atomic mass is 16.5. The number of aliphatic carboxylic acids is 1. The largest absolute Gasteiger partial charge is 0.496 e. The monoisotopic (exact) mass is 410 g/mol. The zero-order chi connectivity index (χ0) is 21.8. The second-order valence-electron chi connectivity index (χ2n) is 6.56. The van der Waals surface area contributed by atoms with Gasteiger partial charge in [0.2, 0.25) is 0 Å². The Bertz CT molecular complexity index is 1190. The van der Waals surface area contributed by atoms with E-state index in [0.29, 0.717) is 39.5 Å². The number of ether oxygens (including phenoxy) is 3. The van der Waals surface area contributed by atoms with Gasteiger partial charge in [-0.05, 0) is 42.8 Å². The number of benzene rings is 2. The van der Waals surface area contributed by atoms with Crippen molar-refractivity contribution in [2.45, 2.75) is 13.3 Å². The molecule has 0 saturated heterocycles. The molecule has 7 nitrogen and oxygen atoms in total. The lowest BCUT2D eigenvalue weighted by molar-refractivity contribution is -0.136. The zero-order valence-electron chi connectivity index (χ0n) is 17.1. The van der Waals surface area contributed by atoms with Crippen LogP contribution in [0.2, 0.25) is 0 Å². The molecule has 0 amide bonds. The number of methoxy groups -OCH3 is 3.